The summed E-state index contributed by atoms with van der Waals surface area (Å²) < 4.78 is 4.62. The lowest BCUT2D eigenvalue weighted by molar-refractivity contribution is -0.137. The Hall–Kier alpha value is -1.07. The first-order valence-electron chi connectivity index (χ1n) is 3.27. The van der Waals surface area contributed by atoms with Crippen LogP contribution in [0.5, 0.6) is 0 Å². The number of ether oxygens (including phenoxy) is 1. The van der Waals surface area contributed by atoms with Crippen molar-refractivity contribution in [1.82, 2.24) is 10.9 Å². The third-order valence-electron chi connectivity index (χ3n) is 0.809. The summed E-state index contributed by atoms with van der Waals surface area (Å²) in [5.74, 6) is -0.404. The van der Waals surface area contributed by atoms with Gasteiger partial charge in [0.1, 0.15) is 6.61 Å². The molecule has 0 radical (unpaired) electrons. The van der Waals surface area contributed by atoms with Crippen molar-refractivity contribution in [3.05, 3.63) is 12.3 Å². The van der Waals surface area contributed by atoms with Crippen LogP contribution in [0.3, 0.4) is 0 Å². The largest absolute Gasteiger partial charge is 0.461 e. The molecule has 0 aliphatic heterocycles. The molecule has 4 N–H and O–H groups in total. The number of nitrogens with one attached hydrogen (secondary N) is 2. The lowest BCUT2D eigenvalue weighted by Crippen LogP contribution is -2.21. The maximum absolute atomic E-state index is 10.6. The maximum atomic E-state index is 10.6. The number of nitrogens with two attached hydrogens (primary N) is 1. The number of hydrazine groups is 1. The Kier molecular flexibility index (Phi) is 6.36. The van der Waals surface area contributed by atoms with Gasteiger partial charge in [0.25, 0.3) is 0 Å². The molecule has 0 atom stereocenters. The third kappa shape index (κ3) is 6.82. The first-order chi connectivity index (χ1) is 5.31. The van der Waals surface area contributed by atoms with Gasteiger partial charge in [0, 0.05) is 25.9 Å². The molecular formula is C6H13N3O2. The summed E-state index contributed by atoms with van der Waals surface area (Å²) in [6.45, 7) is 0.599. The van der Waals surface area contributed by atoms with Gasteiger partial charge in [0.15, 0.2) is 0 Å². The number of carbonyl (C=O) groups is 1. The second-order valence-electron chi connectivity index (χ2n) is 1.68. The number of carbonyl (C=O) groups excluding carboxylic acids is 1. The van der Waals surface area contributed by atoms with Crippen LogP contribution < -0.4 is 16.6 Å². The zero-order valence-corrected chi connectivity index (χ0v) is 6.46. The highest BCUT2D eigenvalue weighted by atomic mass is 16.5. The van der Waals surface area contributed by atoms with E-state index in [2.05, 4.69) is 15.6 Å². The fraction of sp³-hybridized carbons (Fsp3) is 0.500. The van der Waals surface area contributed by atoms with Crippen molar-refractivity contribution in [2.75, 3.05) is 20.2 Å². The molecule has 5 nitrogen and oxygen atoms in total. The van der Waals surface area contributed by atoms with Crippen LogP contribution >= 0.6 is 0 Å². The van der Waals surface area contributed by atoms with Gasteiger partial charge in [-0.25, -0.2) is 10.2 Å². The van der Waals surface area contributed by atoms with Gasteiger partial charge in [0.05, 0.1) is 0 Å². The molecule has 0 aromatic carbocycles. The van der Waals surface area contributed by atoms with Crippen LogP contribution in [0.25, 0.3) is 0 Å². The van der Waals surface area contributed by atoms with Gasteiger partial charge in [-0.3, -0.25) is 0 Å². The fourth-order valence-electron chi connectivity index (χ4n) is 0.401. The van der Waals surface area contributed by atoms with Gasteiger partial charge in [-0.1, -0.05) is 0 Å². The molecule has 0 aromatic rings. The number of hydrogen-bond donors (Lipinski definition) is 3. The first-order valence-corrected chi connectivity index (χ1v) is 3.27. The molecule has 11 heavy (non-hydrogen) atoms. The Labute approximate surface area is 65.6 Å². The number of hydrogen-bond acceptors (Lipinski definition) is 5. The molecule has 0 saturated heterocycles. The lowest BCUT2D eigenvalue weighted by atomic mass is 10.6. The Morgan fingerprint density at radius 3 is 3.00 bits per heavy atom. The smallest absolute Gasteiger partial charge is 0.332 e. The minimum absolute atomic E-state index is 0.253. The van der Waals surface area contributed by atoms with Crippen LogP contribution in [0.1, 0.15) is 0 Å². The van der Waals surface area contributed by atoms with Gasteiger partial charge >= 0.3 is 5.97 Å². The molecular weight excluding hydrogens is 146 g/mol. The molecule has 0 unspecified atom stereocenters. The van der Waals surface area contributed by atoms with E-state index in [0.717, 1.165) is 0 Å². The van der Waals surface area contributed by atoms with E-state index in [1.54, 1.807) is 7.05 Å². The zero-order valence-electron chi connectivity index (χ0n) is 6.46. The van der Waals surface area contributed by atoms with Crippen molar-refractivity contribution in [1.29, 1.82) is 0 Å². The highest BCUT2D eigenvalue weighted by molar-refractivity contribution is 5.81. The average Bonchev–Trinajstić information content (AvgIpc) is 2.01. The predicted molar refractivity (Wildman–Crippen MR) is 41.3 cm³/mol. The highest BCUT2D eigenvalue weighted by Crippen LogP contribution is 1.77. The lowest BCUT2D eigenvalue weighted by Gasteiger charge is -1.97. The average molecular weight is 159 g/mol. The van der Waals surface area contributed by atoms with E-state index in [4.69, 9.17) is 5.73 Å². The van der Waals surface area contributed by atoms with Crippen LogP contribution in [0, 0.1) is 0 Å². The Morgan fingerprint density at radius 2 is 2.45 bits per heavy atom. The summed E-state index contributed by atoms with van der Waals surface area (Å²) in [6.07, 6.45) is 2.71. The second kappa shape index (κ2) is 7.04. The molecule has 64 valence electrons. The van der Waals surface area contributed by atoms with Crippen LogP contribution in [0.4, 0.5) is 0 Å². The van der Waals surface area contributed by atoms with E-state index < -0.39 is 5.97 Å². The van der Waals surface area contributed by atoms with Crippen LogP contribution in [-0.4, -0.2) is 26.2 Å². The summed E-state index contributed by atoms with van der Waals surface area (Å²) in [5.41, 5.74) is 10.3. The van der Waals surface area contributed by atoms with Gasteiger partial charge in [-0.15, -0.1) is 0 Å². The summed E-state index contributed by atoms with van der Waals surface area (Å²) in [6, 6.07) is 0. The quantitative estimate of drug-likeness (QED) is 0.265. The second-order valence-corrected chi connectivity index (χ2v) is 1.68. The molecule has 0 fully saturated rings. The first kappa shape index (κ1) is 9.93. The highest BCUT2D eigenvalue weighted by Gasteiger charge is 1.92. The Bertz CT molecular complexity index is 136. The predicted octanol–water partition coefficient (Wildman–Crippen LogP) is -1.27. The standard InChI is InChI=1S/C6H13N3O2/c1-8-9-4-2-6(10)11-5-3-7/h2,4,8-9H,3,5,7H2,1H3/b4-2+. The molecule has 0 heterocycles. The zero-order chi connectivity index (χ0) is 8.53. The molecule has 0 rings (SSSR count). The number of rotatable bonds is 5. The SMILES string of the molecule is CNN/C=C/C(=O)OCCN. The van der Waals surface area contributed by atoms with E-state index in [1.165, 1.54) is 12.3 Å². The van der Waals surface area contributed by atoms with E-state index in [9.17, 15) is 4.79 Å². The third-order valence-corrected chi connectivity index (χ3v) is 0.809. The van der Waals surface area contributed by atoms with Crippen molar-refractivity contribution >= 4 is 5.97 Å². The topological polar surface area (TPSA) is 76.4 Å². The summed E-state index contributed by atoms with van der Waals surface area (Å²) in [5, 5.41) is 0. The van der Waals surface area contributed by atoms with Crippen LogP contribution in [-0.2, 0) is 9.53 Å². The molecule has 0 amide bonds. The minimum atomic E-state index is -0.404. The van der Waals surface area contributed by atoms with Crippen molar-refractivity contribution in [3.8, 4) is 0 Å². The van der Waals surface area contributed by atoms with Gasteiger partial charge in [0.2, 0.25) is 0 Å². The molecule has 0 aliphatic rings. The monoisotopic (exact) mass is 159 g/mol. The number of esters is 1. The van der Waals surface area contributed by atoms with Crippen LogP contribution in [0.15, 0.2) is 12.3 Å². The maximum Gasteiger partial charge on any atom is 0.332 e. The Morgan fingerprint density at radius 1 is 1.73 bits per heavy atom. The van der Waals surface area contributed by atoms with Crippen molar-refractivity contribution in [2.45, 2.75) is 0 Å². The van der Waals surface area contributed by atoms with Gasteiger partial charge in [-0.05, 0) is 0 Å². The van der Waals surface area contributed by atoms with Gasteiger partial charge in [-0.2, -0.15) is 0 Å². The molecule has 0 bridgehead atoms. The molecule has 0 aliphatic carbocycles. The van der Waals surface area contributed by atoms with Crippen molar-refractivity contribution in [3.63, 3.8) is 0 Å². The van der Waals surface area contributed by atoms with Crippen molar-refractivity contribution in [2.24, 2.45) is 5.73 Å². The molecule has 5 heteroatoms. The Balaban J connectivity index is 3.35. The molecule has 0 saturated carbocycles. The van der Waals surface area contributed by atoms with Crippen LogP contribution in [0.2, 0.25) is 0 Å². The van der Waals surface area contributed by atoms with E-state index >= 15 is 0 Å². The van der Waals surface area contributed by atoms with E-state index in [1.807, 2.05) is 0 Å². The van der Waals surface area contributed by atoms with E-state index in [0.29, 0.717) is 6.54 Å². The minimum Gasteiger partial charge on any atom is -0.461 e. The summed E-state index contributed by atoms with van der Waals surface area (Å²) in [4.78, 5) is 10.6. The summed E-state index contributed by atoms with van der Waals surface area (Å²) >= 11 is 0. The normalized spacial score (nSPS) is 10.0. The molecule has 0 spiro atoms. The van der Waals surface area contributed by atoms with Crippen molar-refractivity contribution < 1.29 is 9.53 Å². The fourth-order valence-corrected chi connectivity index (χ4v) is 0.401. The van der Waals surface area contributed by atoms with E-state index in [-0.39, 0.29) is 6.61 Å². The van der Waals surface area contributed by atoms with Gasteiger partial charge < -0.3 is 15.9 Å². The molecule has 0 aromatic heterocycles. The summed E-state index contributed by atoms with van der Waals surface area (Å²) in [7, 11) is 1.69.